The molecule has 80 valence electrons. The maximum absolute atomic E-state index is 11.6. The SMILES string of the molecule is Cc1[nH]ncc1S(=O)(=O)NCCCN. The average Bonchev–Trinajstić information content (AvgIpc) is 2.52. The maximum Gasteiger partial charge on any atom is 0.243 e. The minimum atomic E-state index is -3.42. The van der Waals surface area contributed by atoms with Gasteiger partial charge in [0.1, 0.15) is 4.90 Å². The summed E-state index contributed by atoms with van der Waals surface area (Å²) in [6.45, 7) is 2.47. The van der Waals surface area contributed by atoms with E-state index in [0.29, 0.717) is 25.2 Å². The molecular formula is C7H14N4O2S. The second-order valence-electron chi connectivity index (χ2n) is 2.90. The van der Waals surface area contributed by atoms with Gasteiger partial charge < -0.3 is 5.73 Å². The van der Waals surface area contributed by atoms with Crippen molar-refractivity contribution in [2.75, 3.05) is 13.1 Å². The van der Waals surface area contributed by atoms with E-state index in [1.54, 1.807) is 6.92 Å². The first-order valence-corrected chi connectivity index (χ1v) is 5.76. The molecule has 6 nitrogen and oxygen atoms in total. The second kappa shape index (κ2) is 4.54. The van der Waals surface area contributed by atoms with Crippen LogP contribution < -0.4 is 10.5 Å². The van der Waals surface area contributed by atoms with Gasteiger partial charge >= 0.3 is 0 Å². The molecule has 0 saturated carbocycles. The normalized spacial score (nSPS) is 11.9. The van der Waals surface area contributed by atoms with Crippen LogP contribution in [0, 0.1) is 6.92 Å². The Labute approximate surface area is 82.9 Å². The Hall–Kier alpha value is -0.920. The fourth-order valence-electron chi connectivity index (χ4n) is 0.997. The Balaban J connectivity index is 2.72. The number of nitrogens with two attached hydrogens (primary N) is 1. The molecule has 7 heteroatoms. The van der Waals surface area contributed by atoms with Gasteiger partial charge in [0.25, 0.3) is 0 Å². The van der Waals surface area contributed by atoms with Crippen LogP contribution in [0.1, 0.15) is 12.1 Å². The van der Waals surface area contributed by atoms with Gasteiger partial charge in [-0.1, -0.05) is 0 Å². The highest BCUT2D eigenvalue weighted by molar-refractivity contribution is 7.89. The van der Waals surface area contributed by atoms with Crippen LogP contribution in [0.3, 0.4) is 0 Å². The van der Waals surface area contributed by atoms with Crippen LogP contribution in [0.15, 0.2) is 11.1 Å². The summed E-state index contributed by atoms with van der Waals surface area (Å²) in [7, 11) is -3.42. The number of hydrogen-bond donors (Lipinski definition) is 3. The molecule has 0 bridgehead atoms. The number of aromatic amines is 1. The molecule has 1 heterocycles. The number of rotatable bonds is 5. The Bertz CT molecular complexity index is 384. The van der Waals surface area contributed by atoms with Crippen LogP contribution in [0.2, 0.25) is 0 Å². The van der Waals surface area contributed by atoms with Crippen molar-refractivity contribution in [3.8, 4) is 0 Å². The summed E-state index contributed by atoms with van der Waals surface area (Å²) in [5.41, 5.74) is 5.79. The lowest BCUT2D eigenvalue weighted by molar-refractivity contribution is 0.579. The predicted octanol–water partition coefficient (Wildman–Crippen LogP) is -0.655. The minimum absolute atomic E-state index is 0.189. The lowest BCUT2D eigenvalue weighted by atomic mass is 10.4. The molecule has 0 unspecified atom stereocenters. The van der Waals surface area contributed by atoms with E-state index < -0.39 is 10.0 Å². The molecule has 0 fully saturated rings. The largest absolute Gasteiger partial charge is 0.330 e. The average molecular weight is 218 g/mol. The smallest absolute Gasteiger partial charge is 0.243 e. The monoisotopic (exact) mass is 218 g/mol. The van der Waals surface area contributed by atoms with E-state index in [0.717, 1.165) is 0 Å². The summed E-state index contributed by atoms with van der Waals surface area (Å²) in [6.07, 6.45) is 1.91. The lowest BCUT2D eigenvalue weighted by Gasteiger charge is -2.03. The van der Waals surface area contributed by atoms with E-state index in [9.17, 15) is 8.42 Å². The van der Waals surface area contributed by atoms with E-state index in [2.05, 4.69) is 14.9 Å². The maximum atomic E-state index is 11.6. The zero-order valence-corrected chi connectivity index (χ0v) is 8.76. The van der Waals surface area contributed by atoms with Crippen LogP contribution in [-0.2, 0) is 10.0 Å². The molecule has 0 aromatic carbocycles. The summed E-state index contributed by atoms with van der Waals surface area (Å²) in [4.78, 5) is 0.189. The van der Waals surface area contributed by atoms with Crippen molar-refractivity contribution in [3.05, 3.63) is 11.9 Å². The Morgan fingerprint density at radius 1 is 1.64 bits per heavy atom. The van der Waals surface area contributed by atoms with E-state index in [4.69, 9.17) is 5.73 Å². The molecule has 0 aliphatic carbocycles. The van der Waals surface area contributed by atoms with Gasteiger partial charge in [0.2, 0.25) is 10.0 Å². The van der Waals surface area contributed by atoms with Gasteiger partial charge in [-0.3, -0.25) is 5.10 Å². The molecule has 4 N–H and O–H groups in total. The van der Waals surface area contributed by atoms with E-state index in [1.165, 1.54) is 6.20 Å². The number of hydrogen-bond acceptors (Lipinski definition) is 4. The lowest BCUT2D eigenvalue weighted by Crippen LogP contribution is -2.26. The molecule has 0 aliphatic rings. The van der Waals surface area contributed by atoms with Crippen molar-refractivity contribution in [3.63, 3.8) is 0 Å². The number of aryl methyl sites for hydroxylation is 1. The summed E-state index contributed by atoms with van der Waals surface area (Å²) >= 11 is 0. The van der Waals surface area contributed by atoms with Gasteiger partial charge in [-0.05, 0) is 19.9 Å². The molecular weight excluding hydrogens is 204 g/mol. The minimum Gasteiger partial charge on any atom is -0.330 e. The Morgan fingerprint density at radius 3 is 2.86 bits per heavy atom. The second-order valence-corrected chi connectivity index (χ2v) is 4.63. The van der Waals surface area contributed by atoms with E-state index in [1.807, 2.05) is 0 Å². The number of aromatic nitrogens is 2. The third kappa shape index (κ3) is 2.53. The highest BCUT2D eigenvalue weighted by Gasteiger charge is 2.17. The molecule has 1 aromatic rings. The van der Waals surface area contributed by atoms with Crippen LogP contribution >= 0.6 is 0 Å². The van der Waals surface area contributed by atoms with Gasteiger partial charge in [-0.2, -0.15) is 5.10 Å². The van der Waals surface area contributed by atoms with Gasteiger partial charge in [-0.15, -0.1) is 0 Å². The molecule has 0 atom stereocenters. The third-order valence-electron chi connectivity index (χ3n) is 1.75. The summed E-state index contributed by atoms with van der Waals surface area (Å²) in [5, 5.41) is 6.22. The topological polar surface area (TPSA) is 101 Å². The number of H-pyrrole nitrogens is 1. The number of nitrogens with one attached hydrogen (secondary N) is 2. The van der Waals surface area contributed by atoms with Gasteiger partial charge in [0.15, 0.2) is 0 Å². The zero-order chi connectivity index (χ0) is 10.6. The molecule has 1 aromatic heterocycles. The van der Waals surface area contributed by atoms with Crippen LogP contribution in [0.5, 0.6) is 0 Å². The zero-order valence-electron chi connectivity index (χ0n) is 7.95. The van der Waals surface area contributed by atoms with Crippen LogP contribution in [0.25, 0.3) is 0 Å². The number of nitrogens with zero attached hydrogens (tertiary/aromatic N) is 1. The first kappa shape index (κ1) is 11.2. The molecule has 0 saturated heterocycles. The highest BCUT2D eigenvalue weighted by atomic mass is 32.2. The first-order valence-electron chi connectivity index (χ1n) is 4.27. The van der Waals surface area contributed by atoms with Gasteiger partial charge in [0, 0.05) is 6.54 Å². The van der Waals surface area contributed by atoms with Crippen LogP contribution in [0.4, 0.5) is 0 Å². The molecule has 0 spiro atoms. The summed E-state index contributed by atoms with van der Waals surface area (Å²) in [5.74, 6) is 0. The van der Waals surface area contributed by atoms with Crippen LogP contribution in [-0.4, -0.2) is 31.7 Å². The van der Waals surface area contributed by atoms with E-state index in [-0.39, 0.29) is 4.90 Å². The van der Waals surface area contributed by atoms with Crippen molar-refractivity contribution in [1.82, 2.24) is 14.9 Å². The van der Waals surface area contributed by atoms with Gasteiger partial charge in [-0.25, -0.2) is 13.1 Å². The van der Waals surface area contributed by atoms with Crippen molar-refractivity contribution < 1.29 is 8.42 Å². The quantitative estimate of drug-likeness (QED) is 0.571. The fraction of sp³-hybridized carbons (Fsp3) is 0.571. The highest BCUT2D eigenvalue weighted by Crippen LogP contribution is 2.09. The fourth-order valence-corrected chi connectivity index (χ4v) is 2.21. The molecule has 0 radical (unpaired) electrons. The van der Waals surface area contributed by atoms with Crippen molar-refractivity contribution in [2.24, 2.45) is 5.73 Å². The van der Waals surface area contributed by atoms with Crippen molar-refractivity contribution in [2.45, 2.75) is 18.2 Å². The molecule has 1 rings (SSSR count). The standard InChI is InChI=1S/C7H14N4O2S/c1-6-7(5-9-11-6)14(12,13)10-4-2-3-8/h5,10H,2-4,8H2,1H3,(H,9,11). The molecule has 0 aliphatic heterocycles. The van der Waals surface area contributed by atoms with Gasteiger partial charge in [0.05, 0.1) is 11.9 Å². The van der Waals surface area contributed by atoms with Crippen molar-refractivity contribution in [1.29, 1.82) is 0 Å². The summed E-state index contributed by atoms with van der Waals surface area (Å²) < 4.78 is 25.6. The van der Waals surface area contributed by atoms with Crippen molar-refractivity contribution >= 4 is 10.0 Å². The van der Waals surface area contributed by atoms with E-state index >= 15 is 0 Å². The first-order chi connectivity index (χ1) is 6.58. The number of sulfonamides is 1. The molecule has 0 amide bonds. The predicted molar refractivity (Wildman–Crippen MR) is 52.2 cm³/mol. The summed E-state index contributed by atoms with van der Waals surface area (Å²) in [6, 6.07) is 0. The Kier molecular flexibility index (Phi) is 3.62. The Morgan fingerprint density at radius 2 is 2.36 bits per heavy atom. The third-order valence-corrected chi connectivity index (χ3v) is 3.32. The molecule has 14 heavy (non-hydrogen) atoms.